The van der Waals surface area contributed by atoms with E-state index in [0.717, 1.165) is 4.68 Å². The predicted molar refractivity (Wildman–Crippen MR) is 87.4 cm³/mol. The van der Waals surface area contributed by atoms with Gasteiger partial charge in [-0.1, -0.05) is 12.1 Å². The molecule has 2 aromatic rings. The highest BCUT2D eigenvalue weighted by atomic mass is 19.1. The highest BCUT2D eigenvalue weighted by molar-refractivity contribution is 6.01. The van der Waals surface area contributed by atoms with E-state index >= 15 is 0 Å². The summed E-state index contributed by atoms with van der Waals surface area (Å²) in [5.41, 5.74) is -0.204. The smallest absolute Gasteiger partial charge is 0.332 e. The predicted octanol–water partition coefficient (Wildman–Crippen LogP) is -0.0152. The molecule has 1 aromatic heterocycles. The first kappa shape index (κ1) is 16.9. The maximum absolute atomic E-state index is 13.9. The van der Waals surface area contributed by atoms with Crippen LogP contribution in [0, 0.1) is 5.82 Å². The van der Waals surface area contributed by atoms with Gasteiger partial charge in [-0.2, -0.15) is 5.10 Å². The average Bonchev–Trinajstić information content (AvgIpc) is 3.12. The first-order chi connectivity index (χ1) is 11.9. The third-order valence-corrected chi connectivity index (χ3v) is 4.35. The van der Waals surface area contributed by atoms with Crippen molar-refractivity contribution in [3.05, 3.63) is 46.9 Å². The van der Waals surface area contributed by atoms with Crippen LogP contribution in [0.15, 0.2) is 35.4 Å². The summed E-state index contributed by atoms with van der Waals surface area (Å²) in [4.78, 5) is 39.4. The maximum atomic E-state index is 13.9. The molecule has 0 spiro atoms. The zero-order chi connectivity index (χ0) is 18.1. The van der Waals surface area contributed by atoms with E-state index in [-0.39, 0.29) is 18.1 Å². The van der Waals surface area contributed by atoms with Crippen LogP contribution in [-0.4, -0.2) is 50.7 Å². The molecule has 0 aliphatic carbocycles. The zero-order valence-corrected chi connectivity index (χ0v) is 13.9. The van der Waals surface area contributed by atoms with Crippen LogP contribution in [0.4, 0.5) is 10.1 Å². The quantitative estimate of drug-likeness (QED) is 0.779. The minimum Gasteiger partial charge on any atom is -0.332 e. The van der Waals surface area contributed by atoms with Crippen molar-refractivity contribution in [2.75, 3.05) is 18.5 Å². The molecule has 3 rings (SSSR count). The van der Waals surface area contributed by atoms with Crippen molar-refractivity contribution in [1.82, 2.24) is 19.2 Å². The SMILES string of the molecule is CN(C(=O)Cn1ncn(C)c1=O)[C@@H]1CCN(c2ccccc2F)C1=O. The molecule has 0 N–H and O–H groups in total. The van der Waals surface area contributed by atoms with Gasteiger partial charge in [0, 0.05) is 20.6 Å². The van der Waals surface area contributed by atoms with E-state index in [0.29, 0.717) is 13.0 Å². The van der Waals surface area contributed by atoms with Crippen LogP contribution in [0.5, 0.6) is 0 Å². The molecule has 25 heavy (non-hydrogen) atoms. The minimum atomic E-state index is -0.688. The lowest BCUT2D eigenvalue weighted by Crippen LogP contribution is -2.45. The van der Waals surface area contributed by atoms with Crippen molar-refractivity contribution < 1.29 is 14.0 Å². The van der Waals surface area contributed by atoms with Gasteiger partial charge in [-0.25, -0.2) is 13.9 Å². The minimum absolute atomic E-state index is 0.205. The molecule has 1 aliphatic rings. The summed E-state index contributed by atoms with van der Waals surface area (Å²) in [6.45, 7) is 0.0746. The molecule has 0 bridgehead atoms. The number of rotatable bonds is 4. The summed E-state index contributed by atoms with van der Waals surface area (Å²) in [5, 5.41) is 3.83. The van der Waals surface area contributed by atoms with Crippen molar-refractivity contribution in [2.45, 2.75) is 19.0 Å². The van der Waals surface area contributed by atoms with Crippen LogP contribution < -0.4 is 10.6 Å². The van der Waals surface area contributed by atoms with E-state index in [1.807, 2.05) is 0 Å². The lowest BCUT2D eigenvalue weighted by atomic mass is 10.2. The Bertz CT molecular complexity index is 875. The van der Waals surface area contributed by atoms with Gasteiger partial charge in [-0.05, 0) is 18.6 Å². The van der Waals surface area contributed by atoms with Crippen molar-refractivity contribution in [3.63, 3.8) is 0 Å². The molecule has 8 nitrogen and oxygen atoms in total. The van der Waals surface area contributed by atoms with Crippen LogP contribution in [0.3, 0.4) is 0 Å². The molecular weight excluding hydrogens is 329 g/mol. The molecule has 132 valence electrons. The average molecular weight is 347 g/mol. The Morgan fingerprint density at radius 2 is 2.08 bits per heavy atom. The molecule has 9 heteroatoms. The topological polar surface area (TPSA) is 80.4 Å². The van der Waals surface area contributed by atoms with E-state index in [4.69, 9.17) is 0 Å². The number of hydrogen-bond donors (Lipinski definition) is 0. The number of carbonyl (C=O) groups is 2. The van der Waals surface area contributed by atoms with Crippen molar-refractivity contribution in [2.24, 2.45) is 7.05 Å². The number of carbonyl (C=O) groups excluding carboxylic acids is 2. The molecule has 0 saturated carbocycles. The van der Waals surface area contributed by atoms with Crippen molar-refractivity contribution in [3.8, 4) is 0 Å². The lowest BCUT2D eigenvalue weighted by molar-refractivity contribution is -0.137. The van der Waals surface area contributed by atoms with Crippen LogP contribution in [-0.2, 0) is 23.2 Å². The lowest BCUT2D eigenvalue weighted by Gasteiger charge is -2.24. The fraction of sp³-hybridized carbons (Fsp3) is 0.375. The molecule has 1 saturated heterocycles. The second-order valence-corrected chi connectivity index (χ2v) is 5.93. The van der Waals surface area contributed by atoms with Crippen LogP contribution in [0.2, 0.25) is 0 Å². The highest BCUT2D eigenvalue weighted by Crippen LogP contribution is 2.26. The normalized spacial score (nSPS) is 17.2. The molecule has 1 atom stereocenters. The zero-order valence-electron chi connectivity index (χ0n) is 13.9. The van der Waals surface area contributed by atoms with Crippen LogP contribution in [0.1, 0.15) is 6.42 Å². The second kappa shape index (κ2) is 6.50. The first-order valence-corrected chi connectivity index (χ1v) is 7.80. The molecule has 0 unspecified atom stereocenters. The molecule has 1 aromatic carbocycles. The van der Waals surface area contributed by atoms with Crippen molar-refractivity contribution in [1.29, 1.82) is 0 Å². The summed E-state index contributed by atoms with van der Waals surface area (Å²) in [5.74, 6) is -1.23. The van der Waals surface area contributed by atoms with Gasteiger partial charge >= 0.3 is 5.69 Å². The van der Waals surface area contributed by atoms with E-state index < -0.39 is 23.5 Å². The van der Waals surface area contributed by atoms with E-state index in [1.165, 1.54) is 46.9 Å². The Labute approximate surface area is 143 Å². The van der Waals surface area contributed by atoms with Gasteiger partial charge in [0.1, 0.15) is 24.7 Å². The first-order valence-electron chi connectivity index (χ1n) is 7.80. The Morgan fingerprint density at radius 1 is 1.36 bits per heavy atom. The third-order valence-electron chi connectivity index (χ3n) is 4.35. The summed E-state index contributed by atoms with van der Waals surface area (Å²) < 4.78 is 16.2. The Kier molecular flexibility index (Phi) is 4.39. The molecular formula is C16H18FN5O3. The number of benzene rings is 1. The fourth-order valence-corrected chi connectivity index (χ4v) is 2.88. The largest absolute Gasteiger partial charge is 0.345 e. The number of amides is 2. The van der Waals surface area contributed by atoms with E-state index in [9.17, 15) is 18.8 Å². The van der Waals surface area contributed by atoms with Gasteiger partial charge in [0.15, 0.2) is 0 Å². The summed E-state index contributed by atoms with van der Waals surface area (Å²) >= 11 is 0. The molecule has 1 fully saturated rings. The van der Waals surface area contributed by atoms with Gasteiger partial charge in [-0.3, -0.25) is 14.2 Å². The number of aromatic nitrogens is 3. The molecule has 2 heterocycles. The second-order valence-electron chi connectivity index (χ2n) is 5.93. The number of nitrogens with zero attached hydrogens (tertiary/aromatic N) is 5. The third kappa shape index (κ3) is 3.04. The van der Waals surface area contributed by atoms with Crippen LogP contribution >= 0.6 is 0 Å². The monoisotopic (exact) mass is 347 g/mol. The van der Waals surface area contributed by atoms with Gasteiger partial charge < -0.3 is 9.80 Å². The van der Waals surface area contributed by atoms with Crippen LogP contribution in [0.25, 0.3) is 0 Å². The summed E-state index contributed by atoms with van der Waals surface area (Å²) in [6, 6.07) is 5.34. The standard InChI is InChI=1S/C16H18FN5O3/c1-19-10-18-22(16(19)25)9-14(23)20(2)13-7-8-21(15(13)24)12-6-4-3-5-11(12)17/h3-6,10,13H,7-9H2,1-2H3/t13-/m1/s1. The van der Waals surface area contributed by atoms with E-state index in [1.54, 1.807) is 12.1 Å². The summed E-state index contributed by atoms with van der Waals surface area (Å²) in [6.07, 6.45) is 1.71. The number of halogens is 1. The fourth-order valence-electron chi connectivity index (χ4n) is 2.88. The van der Waals surface area contributed by atoms with Gasteiger partial charge in [0.2, 0.25) is 11.8 Å². The number of hydrogen-bond acceptors (Lipinski definition) is 4. The van der Waals surface area contributed by atoms with E-state index in [2.05, 4.69) is 5.10 Å². The highest BCUT2D eigenvalue weighted by Gasteiger charge is 2.38. The Balaban J connectivity index is 1.73. The number of likely N-dealkylation sites (N-methyl/N-ethyl adjacent to an activating group) is 1. The number of anilines is 1. The number of aryl methyl sites for hydroxylation is 1. The van der Waals surface area contributed by atoms with Crippen molar-refractivity contribution >= 4 is 17.5 Å². The molecule has 2 amide bonds. The summed E-state index contributed by atoms with van der Waals surface area (Å²) in [7, 11) is 3.04. The van der Waals surface area contributed by atoms with Gasteiger partial charge in [0.05, 0.1) is 5.69 Å². The Hall–Kier alpha value is -2.97. The Morgan fingerprint density at radius 3 is 2.72 bits per heavy atom. The van der Waals surface area contributed by atoms with Gasteiger partial charge in [0.25, 0.3) is 0 Å². The molecule has 1 aliphatic heterocycles. The molecule has 0 radical (unpaired) electrons. The number of para-hydroxylation sites is 1. The maximum Gasteiger partial charge on any atom is 0.345 e. The van der Waals surface area contributed by atoms with Gasteiger partial charge in [-0.15, -0.1) is 0 Å².